The first kappa shape index (κ1) is 17.0. The predicted molar refractivity (Wildman–Crippen MR) is 96.9 cm³/mol. The maximum Gasteiger partial charge on any atom is 0.320 e. The molecule has 1 aromatic carbocycles. The molecule has 4 N–H and O–H groups in total. The third kappa shape index (κ3) is 3.80. The zero-order valence-corrected chi connectivity index (χ0v) is 13.7. The van der Waals surface area contributed by atoms with Gasteiger partial charge in [-0.3, -0.25) is 5.32 Å². The van der Waals surface area contributed by atoms with E-state index in [-0.39, 0.29) is 17.5 Å². The number of urea groups is 1. The van der Waals surface area contributed by atoms with Crippen LogP contribution in [0.3, 0.4) is 0 Å². The number of nitrogens with zero attached hydrogens (tertiary/aromatic N) is 4. The molecule has 10 heteroatoms. The summed E-state index contributed by atoms with van der Waals surface area (Å²) >= 11 is 0. The molecule has 0 radical (unpaired) electrons. The third-order valence-electron chi connectivity index (χ3n) is 3.33. The quantitative estimate of drug-likeness (QED) is 0.408. The molecule has 3 rings (SSSR count). The number of carbonyl (C=O) groups excluding carboxylic acids is 1. The normalized spacial score (nSPS) is 10.3. The van der Waals surface area contributed by atoms with Crippen LogP contribution in [-0.4, -0.2) is 32.6 Å². The molecule has 0 unspecified atom stereocenters. The number of nitrogens with one attached hydrogen (secondary N) is 3. The number of rotatable bonds is 5. The molecule has 0 aliphatic heterocycles. The van der Waals surface area contributed by atoms with Crippen molar-refractivity contribution < 1.29 is 9.90 Å². The van der Waals surface area contributed by atoms with E-state index in [1.54, 1.807) is 18.2 Å². The van der Waals surface area contributed by atoms with Crippen LogP contribution in [0, 0.1) is 4.91 Å². The lowest BCUT2D eigenvalue weighted by Gasteiger charge is -2.08. The van der Waals surface area contributed by atoms with Gasteiger partial charge < -0.3 is 15.7 Å². The lowest BCUT2D eigenvalue weighted by Crippen LogP contribution is -2.28. The van der Waals surface area contributed by atoms with Gasteiger partial charge in [-0.2, -0.15) is 0 Å². The number of phenolic OH excluding ortho intramolecular Hbond substituents is 1. The van der Waals surface area contributed by atoms with E-state index in [1.165, 1.54) is 18.3 Å². The second-order valence-corrected chi connectivity index (χ2v) is 5.20. The molecular weight excluding hydrogens is 338 g/mol. The number of carbonyl (C=O) groups is 1. The van der Waals surface area contributed by atoms with Crippen molar-refractivity contribution >= 4 is 40.2 Å². The van der Waals surface area contributed by atoms with Crippen LogP contribution < -0.4 is 16.0 Å². The molecule has 10 nitrogen and oxygen atoms in total. The van der Waals surface area contributed by atoms with Gasteiger partial charge in [-0.25, -0.2) is 19.7 Å². The lowest BCUT2D eigenvalue weighted by molar-refractivity contribution is 0.252. The molecule has 26 heavy (non-hydrogen) atoms. The summed E-state index contributed by atoms with van der Waals surface area (Å²) in [5.74, 6) is 0.507. The van der Waals surface area contributed by atoms with E-state index >= 15 is 0 Å². The van der Waals surface area contributed by atoms with Crippen LogP contribution >= 0.6 is 0 Å². The topological polar surface area (TPSA) is 141 Å². The molecule has 0 atom stereocenters. The van der Waals surface area contributed by atoms with Crippen LogP contribution in [0.2, 0.25) is 0 Å². The number of aromatic nitrogens is 3. The summed E-state index contributed by atoms with van der Waals surface area (Å²) in [6.07, 6.45) is 1.50. The molecule has 0 saturated heterocycles. The number of amides is 2. The fourth-order valence-corrected chi connectivity index (χ4v) is 2.17. The number of fused-ring (bicyclic) bond motifs is 1. The third-order valence-corrected chi connectivity index (χ3v) is 3.33. The molecule has 0 aliphatic carbocycles. The molecule has 0 saturated carbocycles. The molecule has 3 aromatic rings. The molecule has 2 heterocycles. The lowest BCUT2D eigenvalue weighted by atomic mass is 10.2. The van der Waals surface area contributed by atoms with Crippen LogP contribution in [0.1, 0.15) is 6.92 Å². The van der Waals surface area contributed by atoms with E-state index < -0.39 is 0 Å². The van der Waals surface area contributed by atoms with Crippen molar-refractivity contribution in [3.8, 4) is 5.75 Å². The Kier molecular flexibility index (Phi) is 4.83. The van der Waals surface area contributed by atoms with Gasteiger partial charge in [0.1, 0.15) is 17.1 Å². The van der Waals surface area contributed by atoms with Crippen molar-refractivity contribution in [3.05, 3.63) is 41.4 Å². The van der Waals surface area contributed by atoms with Crippen LogP contribution in [0.4, 0.5) is 27.8 Å². The minimum Gasteiger partial charge on any atom is -0.506 e. The SMILES string of the molecule is CCNC(=O)Nc1ccc2ncc(Nc3ccc(O)c(N=O)c3)nc2n1. The molecule has 0 aliphatic rings. The summed E-state index contributed by atoms with van der Waals surface area (Å²) in [6.45, 7) is 2.31. The maximum absolute atomic E-state index is 11.6. The van der Waals surface area contributed by atoms with Gasteiger partial charge in [0, 0.05) is 12.2 Å². The molecule has 2 amide bonds. The van der Waals surface area contributed by atoms with Crippen molar-refractivity contribution in [2.45, 2.75) is 6.92 Å². The summed E-state index contributed by atoms with van der Waals surface area (Å²) in [4.78, 5) is 35.1. The second kappa shape index (κ2) is 7.38. The number of pyridine rings is 1. The summed E-state index contributed by atoms with van der Waals surface area (Å²) in [5.41, 5.74) is 1.30. The Labute approximate surface area is 147 Å². The van der Waals surface area contributed by atoms with Crippen LogP contribution in [0.15, 0.2) is 41.7 Å². The average molecular weight is 353 g/mol. The van der Waals surface area contributed by atoms with Gasteiger partial charge in [0.2, 0.25) is 0 Å². The first-order valence-electron chi connectivity index (χ1n) is 7.71. The number of benzene rings is 1. The van der Waals surface area contributed by atoms with E-state index in [2.05, 4.69) is 36.1 Å². The smallest absolute Gasteiger partial charge is 0.320 e. The zero-order chi connectivity index (χ0) is 18.5. The van der Waals surface area contributed by atoms with E-state index in [0.29, 0.717) is 35.0 Å². The Morgan fingerprint density at radius 3 is 2.77 bits per heavy atom. The van der Waals surface area contributed by atoms with Gasteiger partial charge in [-0.15, -0.1) is 4.91 Å². The number of hydrogen-bond donors (Lipinski definition) is 4. The van der Waals surface area contributed by atoms with Gasteiger partial charge >= 0.3 is 6.03 Å². The number of phenols is 1. The first-order chi connectivity index (χ1) is 12.6. The van der Waals surface area contributed by atoms with E-state index in [9.17, 15) is 14.8 Å². The summed E-state index contributed by atoms with van der Waals surface area (Å²) in [6, 6.07) is 7.25. The zero-order valence-electron chi connectivity index (χ0n) is 13.7. The Balaban J connectivity index is 1.85. The minimum atomic E-state index is -0.362. The van der Waals surface area contributed by atoms with Crippen molar-refractivity contribution in [2.75, 3.05) is 17.2 Å². The van der Waals surface area contributed by atoms with Crippen molar-refractivity contribution in [2.24, 2.45) is 5.18 Å². The van der Waals surface area contributed by atoms with Crippen LogP contribution in [0.25, 0.3) is 11.2 Å². The van der Waals surface area contributed by atoms with Crippen molar-refractivity contribution in [3.63, 3.8) is 0 Å². The molecule has 132 valence electrons. The van der Waals surface area contributed by atoms with Gasteiger partial charge in [-0.05, 0) is 42.4 Å². The standard InChI is InChI=1S/C16H15N7O3/c1-2-17-16(25)22-13-6-4-10-15(20-13)21-14(8-18-10)19-9-3-5-12(24)11(7-9)23-26/h3-8,24H,2H2,1H3,(H3,17,19,20,21,22,25). The molecule has 0 spiro atoms. The van der Waals surface area contributed by atoms with Gasteiger partial charge in [-0.1, -0.05) is 0 Å². The Bertz CT molecular complexity index is 977. The molecule has 2 aromatic heterocycles. The highest BCUT2D eigenvalue weighted by Crippen LogP contribution is 2.30. The largest absolute Gasteiger partial charge is 0.506 e. The maximum atomic E-state index is 11.6. The Morgan fingerprint density at radius 1 is 1.19 bits per heavy atom. The van der Waals surface area contributed by atoms with E-state index in [1.807, 2.05) is 6.92 Å². The Morgan fingerprint density at radius 2 is 2.00 bits per heavy atom. The summed E-state index contributed by atoms with van der Waals surface area (Å²) < 4.78 is 0. The van der Waals surface area contributed by atoms with Crippen LogP contribution in [0.5, 0.6) is 5.75 Å². The summed E-state index contributed by atoms with van der Waals surface area (Å²) in [5, 5.41) is 20.4. The number of hydrogen-bond acceptors (Lipinski definition) is 8. The van der Waals surface area contributed by atoms with Crippen LogP contribution in [-0.2, 0) is 0 Å². The monoisotopic (exact) mass is 353 g/mol. The van der Waals surface area contributed by atoms with Gasteiger partial charge in [0.05, 0.1) is 6.20 Å². The van der Waals surface area contributed by atoms with E-state index in [0.717, 1.165) is 0 Å². The highest BCUT2D eigenvalue weighted by Gasteiger charge is 2.07. The first-order valence-corrected chi connectivity index (χ1v) is 7.71. The van der Waals surface area contributed by atoms with Crippen molar-refractivity contribution in [1.29, 1.82) is 0 Å². The molecular formula is C16H15N7O3. The summed E-state index contributed by atoms with van der Waals surface area (Å²) in [7, 11) is 0. The number of anilines is 3. The van der Waals surface area contributed by atoms with E-state index in [4.69, 9.17) is 0 Å². The molecule has 0 bridgehead atoms. The highest BCUT2D eigenvalue weighted by atomic mass is 16.3. The predicted octanol–water partition coefficient (Wildman–Crippen LogP) is 3.01. The van der Waals surface area contributed by atoms with Crippen molar-refractivity contribution in [1.82, 2.24) is 20.3 Å². The fourth-order valence-electron chi connectivity index (χ4n) is 2.17. The second-order valence-electron chi connectivity index (χ2n) is 5.20. The highest BCUT2D eigenvalue weighted by molar-refractivity contribution is 5.89. The Hall–Kier alpha value is -3.82. The minimum absolute atomic E-state index is 0.0877. The number of nitroso groups, excluding NO2 is 1. The van der Waals surface area contributed by atoms with Gasteiger partial charge in [0.15, 0.2) is 17.2 Å². The average Bonchev–Trinajstić information content (AvgIpc) is 2.63. The number of aromatic hydroxyl groups is 1. The fraction of sp³-hybridized carbons (Fsp3) is 0.125. The van der Waals surface area contributed by atoms with Gasteiger partial charge in [0.25, 0.3) is 0 Å². The molecule has 0 fully saturated rings.